The second-order valence-corrected chi connectivity index (χ2v) is 10.6. The lowest BCUT2D eigenvalue weighted by Crippen LogP contribution is -2.03. The number of nitrogen functional groups attached to an aromatic ring is 2. The molecule has 6 rings (SSSR count). The highest BCUT2D eigenvalue weighted by atomic mass is 32.1. The second-order valence-electron chi connectivity index (χ2n) is 8.73. The van der Waals surface area contributed by atoms with E-state index in [0.29, 0.717) is 67.8 Å². The molecule has 0 radical (unpaired) electrons. The highest BCUT2D eigenvalue weighted by Gasteiger charge is 2.21. The van der Waals surface area contributed by atoms with Crippen LogP contribution >= 0.6 is 22.7 Å². The maximum Gasteiger partial charge on any atom is 0.152 e. The Morgan fingerprint density at radius 1 is 0.675 bits per heavy atom. The van der Waals surface area contributed by atoms with Crippen LogP contribution in [0.2, 0.25) is 0 Å². The molecule has 0 unspecified atom stereocenters. The van der Waals surface area contributed by atoms with Crippen molar-refractivity contribution in [3.63, 3.8) is 0 Å². The highest BCUT2D eigenvalue weighted by Crippen LogP contribution is 2.41. The number of thiophene rings is 2. The molecule has 4 aromatic rings. The van der Waals surface area contributed by atoms with Gasteiger partial charge in [0, 0.05) is 66.9 Å². The first-order chi connectivity index (χ1) is 19.6. The van der Waals surface area contributed by atoms with Gasteiger partial charge in [0.05, 0.1) is 11.4 Å². The zero-order chi connectivity index (χ0) is 27.6. The number of nitrogens with one attached hydrogen (secondary N) is 2. The fourth-order valence-corrected chi connectivity index (χ4v) is 6.18. The molecular formula is C29H21N7O2S2. The molecular weight excluding hydrogens is 543 g/mol. The number of rotatable bonds is 8. The van der Waals surface area contributed by atoms with Gasteiger partial charge in [0.1, 0.15) is 18.0 Å². The minimum Gasteiger partial charge on any atom is -0.398 e. The monoisotopic (exact) mass is 563 g/mol. The molecule has 0 amide bonds. The Morgan fingerprint density at radius 2 is 1.15 bits per heavy atom. The SMILES string of the molecule is Nc1ccc(Nc2ncnc(Nc3ccc(N)c(-c4cccs4)c3C=O)c3cncc2-3)c(C=O)c1-c1cccs1. The molecule has 2 aromatic heterocycles. The first kappa shape index (κ1) is 25.2. The zero-order valence-electron chi connectivity index (χ0n) is 20.8. The number of aldehydes is 2. The van der Waals surface area contributed by atoms with Crippen molar-refractivity contribution in [2.75, 3.05) is 22.1 Å². The number of anilines is 6. The number of carbonyl (C=O) groups excluding carboxylic acids is 2. The number of fused-ring (bicyclic) bond motifs is 1. The Labute approximate surface area is 236 Å². The Bertz CT molecular complexity index is 1690. The van der Waals surface area contributed by atoms with Gasteiger partial charge in [-0.05, 0) is 47.2 Å². The fourth-order valence-electron chi connectivity index (χ4n) is 4.57. The summed E-state index contributed by atoms with van der Waals surface area (Å²) in [5.41, 5.74) is 18.1. The quantitative estimate of drug-likeness (QED) is 0.117. The summed E-state index contributed by atoms with van der Waals surface area (Å²) in [6.07, 6.45) is 6.30. The Balaban J connectivity index is 1.39. The lowest BCUT2D eigenvalue weighted by Gasteiger charge is -2.15. The topological polar surface area (TPSA) is 149 Å². The van der Waals surface area contributed by atoms with Crippen molar-refractivity contribution in [3.8, 4) is 32.0 Å². The van der Waals surface area contributed by atoms with Crippen LogP contribution in [0.4, 0.5) is 34.4 Å². The normalized spacial score (nSPS) is 10.9. The molecule has 0 aliphatic carbocycles. The Hall–Kier alpha value is -5.13. The summed E-state index contributed by atoms with van der Waals surface area (Å²) in [6.45, 7) is 0. The van der Waals surface area contributed by atoms with Gasteiger partial charge in [0.15, 0.2) is 12.6 Å². The maximum atomic E-state index is 12.2. The molecule has 0 saturated carbocycles. The molecule has 4 heterocycles. The molecule has 0 atom stereocenters. The number of nitrogens with zero attached hydrogens (tertiary/aromatic N) is 3. The van der Waals surface area contributed by atoms with E-state index in [-0.39, 0.29) is 0 Å². The predicted molar refractivity (Wildman–Crippen MR) is 162 cm³/mol. The van der Waals surface area contributed by atoms with E-state index in [0.717, 1.165) is 22.3 Å². The van der Waals surface area contributed by atoms with Gasteiger partial charge < -0.3 is 22.1 Å². The van der Waals surface area contributed by atoms with Crippen molar-refractivity contribution in [3.05, 3.63) is 89.1 Å². The molecule has 9 nitrogen and oxygen atoms in total. The molecule has 0 saturated heterocycles. The summed E-state index contributed by atoms with van der Waals surface area (Å²) in [7, 11) is 0. The van der Waals surface area contributed by atoms with Gasteiger partial charge in [-0.15, -0.1) is 22.7 Å². The lowest BCUT2D eigenvalue weighted by atomic mass is 10.0. The maximum absolute atomic E-state index is 12.2. The molecule has 0 spiro atoms. The number of carbonyl (C=O) groups is 2. The zero-order valence-corrected chi connectivity index (χ0v) is 22.4. The van der Waals surface area contributed by atoms with Crippen molar-refractivity contribution >= 4 is 69.6 Å². The molecule has 6 N–H and O–H groups in total. The third-order valence-electron chi connectivity index (χ3n) is 6.41. The van der Waals surface area contributed by atoms with Gasteiger partial charge in [-0.1, -0.05) is 12.1 Å². The molecule has 2 aromatic carbocycles. The number of aromatic nitrogens is 3. The summed E-state index contributed by atoms with van der Waals surface area (Å²) < 4.78 is 0. The summed E-state index contributed by atoms with van der Waals surface area (Å²) in [6, 6.07) is 14.7. The van der Waals surface area contributed by atoms with Crippen molar-refractivity contribution in [1.29, 1.82) is 0 Å². The standard InChI is InChI=1S/C29H21N7O2S2/c30-20-5-7-22(18(13-37)26(20)24-3-1-9-39-24)35-28-16-11-32-12-17(16)29(34-15-33-28)36-23-8-6-21(31)27(19(23)14-38)25-4-2-10-40-25/h1-15H,30-31H2,(H2,33,34,35,36). The van der Waals surface area contributed by atoms with Crippen LogP contribution in [0.15, 0.2) is 78.0 Å². The third-order valence-corrected chi connectivity index (χ3v) is 8.19. The first-order valence-electron chi connectivity index (χ1n) is 12.0. The van der Waals surface area contributed by atoms with Gasteiger partial charge >= 0.3 is 0 Å². The van der Waals surface area contributed by atoms with Gasteiger partial charge in [0.2, 0.25) is 0 Å². The van der Waals surface area contributed by atoms with Crippen molar-refractivity contribution in [1.82, 2.24) is 15.0 Å². The number of nitrogens with two attached hydrogens (primary N) is 2. The summed E-state index contributed by atoms with van der Waals surface area (Å²) in [5.74, 6) is 0.899. The lowest BCUT2D eigenvalue weighted by molar-refractivity contribution is 0.111. The van der Waals surface area contributed by atoms with Crippen LogP contribution in [-0.2, 0) is 0 Å². The number of benzene rings is 2. The number of hydrogen-bond acceptors (Lipinski definition) is 11. The molecule has 40 heavy (non-hydrogen) atoms. The minimum absolute atomic E-state index is 0.424. The first-order valence-corrected chi connectivity index (χ1v) is 13.8. The third kappa shape index (κ3) is 4.42. The molecule has 0 bridgehead atoms. The largest absolute Gasteiger partial charge is 0.398 e. The summed E-state index contributed by atoms with van der Waals surface area (Å²) in [4.78, 5) is 39.6. The van der Waals surface area contributed by atoms with Crippen LogP contribution in [0.25, 0.3) is 32.0 Å². The van der Waals surface area contributed by atoms with E-state index in [1.807, 2.05) is 35.0 Å². The smallest absolute Gasteiger partial charge is 0.152 e. The van der Waals surface area contributed by atoms with Crippen LogP contribution in [0.1, 0.15) is 20.7 Å². The van der Waals surface area contributed by atoms with E-state index in [1.54, 1.807) is 36.7 Å². The fraction of sp³-hybridized carbons (Fsp3) is 0. The predicted octanol–water partition coefficient (Wildman–Crippen LogP) is 6.71. The number of hydrogen-bond donors (Lipinski definition) is 4. The second kappa shape index (κ2) is 10.6. The van der Waals surface area contributed by atoms with Crippen LogP contribution in [0.5, 0.6) is 0 Å². The molecule has 2 aliphatic heterocycles. The molecule has 0 fully saturated rings. The minimum atomic E-state index is 0.424. The van der Waals surface area contributed by atoms with Crippen LogP contribution < -0.4 is 22.1 Å². The van der Waals surface area contributed by atoms with E-state index in [9.17, 15) is 9.59 Å². The van der Waals surface area contributed by atoms with Gasteiger partial charge in [-0.3, -0.25) is 14.6 Å². The van der Waals surface area contributed by atoms with Crippen LogP contribution in [-0.4, -0.2) is 27.5 Å². The molecule has 11 heteroatoms. The van der Waals surface area contributed by atoms with Crippen LogP contribution in [0, 0.1) is 0 Å². The van der Waals surface area contributed by atoms with Crippen LogP contribution in [0.3, 0.4) is 0 Å². The average Bonchev–Trinajstić information content (AvgIpc) is 3.75. The molecule has 2 aliphatic rings. The van der Waals surface area contributed by atoms with Gasteiger partial charge in [-0.25, -0.2) is 9.97 Å². The van der Waals surface area contributed by atoms with E-state index in [1.165, 1.54) is 29.0 Å². The average molecular weight is 564 g/mol. The van der Waals surface area contributed by atoms with Gasteiger partial charge in [0.25, 0.3) is 0 Å². The highest BCUT2D eigenvalue weighted by molar-refractivity contribution is 7.14. The van der Waals surface area contributed by atoms with E-state index < -0.39 is 0 Å². The Kier molecular flexibility index (Phi) is 6.64. The van der Waals surface area contributed by atoms with Crippen molar-refractivity contribution < 1.29 is 9.59 Å². The van der Waals surface area contributed by atoms with E-state index in [4.69, 9.17) is 11.5 Å². The summed E-state index contributed by atoms with van der Waals surface area (Å²) >= 11 is 3.00. The van der Waals surface area contributed by atoms with E-state index >= 15 is 0 Å². The van der Waals surface area contributed by atoms with Crippen molar-refractivity contribution in [2.24, 2.45) is 0 Å². The van der Waals surface area contributed by atoms with E-state index in [2.05, 4.69) is 25.6 Å². The molecule has 196 valence electrons. The Morgan fingerprint density at radius 3 is 1.55 bits per heavy atom. The van der Waals surface area contributed by atoms with Gasteiger partial charge in [-0.2, -0.15) is 0 Å². The van der Waals surface area contributed by atoms with Crippen molar-refractivity contribution in [2.45, 2.75) is 0 Å². The summed E-state index contributed by atoms with van der Waals surface area (Å²) in [5, 5.41) is 10.4.